The number of fused-ring (bicyclic) bond motifs is 3. The molecule has 1 aliphatic rings. The van der Waals surface area contributed by atoms with Crippen molar-refractivity contribution in [2.75, 3.05) is 11.4 Å². The average molecular weight is 437 g/mol. The summed E-state index contributed by atoms with van der Waals surface area (Å²) in [5.74, 6) is 0.00560. The van der Waals surface area contributed by atoms with Crippen LogP contribution in [-0.4, -0.2) is 25.2 Å². The van der Waals surface area contributed by atoms with Crippen molar-refractivity contribution >= 4 is 22.8 Å². The van der Waals surface area contributed by atoms with E-state index in [9.17, 15) is 18.4 Å². The van der Waals surface area contributed by atoms with Crippen LogP contribution in [0.1, 0.15) is 12.5 Å². The lowest BCUT2D eigenvalue weighted by Crippen LogP contribution is -2.40. The zero-order valence-electron chi connectivity index (χ0n) is 17.6. The molecule has 4 aromatic rings. The maximum atomic E-state index is 13.4. The Balaban J connectivity index is 1.70. The number of aryl methyl sites for hydroxylation is 1. The second-order valence-corrected chi connectivity index (χ2v) is 8.25. The Hall–Kier alpha value is -3.75. The Morgan fingerprint density at radius 2 is 1.59 bits per heavy atom. The van der Waals surface area contributed by atoms with Gasteiger partial charge in [-0.05, 0) is 47.9 Å². The van der Waals surface area contributed by atoms with E-state index in [2.05, 4.69) is 11.9 Å². The number of imidazole rings is 1. The summed E-state index contributed by atoms with van der Waals surface area (Å²) in [5, 5.41) is 0. The van der Waals surface area contributed by atoms with Crippen molar-refractivity contribution in [3.8, 4) is 0 Å². The summed E-state index contributed by atoms with van der Waals surface area (Å²) in [7, 11) is 1.58. The van der Waals surface area contributed by atoms with Crippen LogP contribution in [0.15, 0.2) is 58.1 Å². The third-order valence-corrected chi connectivity index (χ3v) is 5.83. The van der Waals surface area contributed by atoms with Gasteiger partial charge in [-0.1, -0.05) is 19.1 Å². The van der Waals surface area contributed by atoms with Crippen LogP contribution in [0.3, 0.4) is 0 Å². The van der Waals surface area contributed by atoms with Crippen LogP contribution in [0, 0.1) is 17.6 Å². The highest BCUT2D eigenvalue weighted by Gasteiger charge is 2.29. The number of halogens is 2. The molecular weight excluding hydrogens is 416 g/mol. The van der Waals surface area contributed by atoms with Crippen LogP contribution in [0.5, 0.6) is 0 Å². The topological polar surface area (TPSA) is 65.1 Å². The third kappa shape index (κ3) is 3.21. The minimum Gasteiger partial charge on any atom is -0.312 e. The average Bonchev–Trinajstić information content (AvgIpc) is 3.16. The van der Waals surface area contributed by atoms with Gasteiger partial charge in [0, 0.05) is 25.8 Å². The first-order valence-electron chi connectivity index (χ1n) is 10.3. The second kappa shape index (κ2) is 7.44. The number of nitrogens with zero attached hydrogens (tertiary/aromatic N) is 5. The number of hydrogen-bond acceptors (Lipinski definition) is 4. The van der Waals surface area contributed by atoms with Gasteiger partial charge in [0.05, 0.1) is 6.54 Å². The molecule has 1 atom stereocenters. The van der Waals surface area contributed by atoms with Crippen molar-refractivity contribution in [1.82, 2.24) is 18.7 Å². The first-order valence-corrected chi connectivity index (χ1v) is 10.3. The molecule has 1 aliphatic heterocycles. The predicted octanol–water partition coefficient (Wildman–Crippen LogP) is 3.01. The van der Waals surface area contributed by atoms with Crippen molar-refractivity contribution in [2.24, 2.45) is 13.0 Å². The number of aromatic nitrogens is 4. The maximum Gasteiger partial charge on any atom is 0.332 e. The molecule has 164 valence electrons. The van der Waals surface area contributed by atoms with Gasteiger partial charge in [-0.2, -0.15) is 4.98 Å². The molecule has 3 heterocycles. The fourth-order valence-corrected chi connectivity index (χ4v) is 4.26. The van der Waals surface area contributed by atoms with E-state index in [0.717, 1.165) is 10.3 Å². The number of benzene rings is 2. The zero-order valence-corrected chi connectivity index (χ0v) is 17.6. The molecule has 2 aromatic heterocycles. The van der Waals surface area contributed by atoms with E-state index in [1.807, 2.05) is 9.47 Å². The minimum atomic E-state index is -0.497. The van der Waals surface area contributed by atoms with Crippen LogP contribution in [0.4, 0.5) is 20.4 Å². The van der Waals surface area contributed by atoms with Crippen molar-refractivity contribution in [3.63, 3.8) is 0 Å². The van der Waals surface area contributed by atoms with Gasteiger partial charge < -0.3 is 9.47 Å². The highest BCUT2D eigenvalue weighted by Crippen LogP contribution is 2.32. The number of rotatable bonds is 3. The van der Waals surface area contributed by atoms with E-state index >= 15 is 0 Å². The quantitative estimate of drug-likeness (QED) is 0.494. The van der Waals surface area contributed by atoms with Crippen molar-refractivity contribution in [2.45, 2.75) is 20.0 Å². The monoisotopic (exact) mass is 437 g/mol. The molecule has 0 N–H and O–H groups in total. The summed E-state index contributed by atoms with van der Waals surface area (Å²) < 4.78 is 31.0. The molecule has 0 spiro atoms. The molecule has 9 heteroatoms. The molecule has 0 amide bonds. The highest BCUT2D eigenvalue weighted by atomic mass is 19.1. The summed E-state index contributed by atoms with van der Waals surface area (Å²) in [4.78, 5) is 33.0. The smallest absolute Gasteiger partial charge is 0.312 e. The fraction of sp³-hybridized carbons (Fsp3) is 0.261. The largest absolute Gasteiger partial charge is 0.332 e. The summed E-state index contributed by atoms with van der Waals surface area (Å²) in [6.45, 7) is 3.30. The molecule has 0 saturated carbocycles. The molecule has 0 radical (unpaired) electrons. The number of hydrogen-bond donors (Lipinski definition) is 0. The molecule has 0 bridgehead atoms. The summed E-state index contributed by atoms with van der Waals surface area (Å²) in [6, 6.07) is 11.8. The van der Waals surface area contributed by atoms with E-state index in [-0.39, 0.29) is 24.1 Å². The van der Waals surface area contributed by atoms with E-state index in [0.29, 0.717) is 35.8 Å². The Kier molecular flexibility index (Phi) is 4.69. The summed E-state index contributed by atoms with van der Waals surface area (Å²) in [6.07, 6.45) is 0. The van der Waals surface area contributed by atoms with E-state index in [4.69, 9.17) is 0 Å². The van der Waals surface area contributed by atoms with Gasteiger partial charge in [0.15, 0.2) is 11.2 Å². The van der Waals surface area contributed by atoms with Gasteiger partial charge in [0.1, 0.15) is 11.6 Å². The van der Waals surface area contributed by atoms with Gasteiger partial charge >= 0.3 is 5.69 Å². The summed E-state index contributed by atoms with van der Waals surface area (Å²) >= 11 is 0. The van der Waals surface area contributed by atoms with Gasteiger partial charge in [-0.15, -0.1) is 0 Å². The number of anilines is 2. The molecule has 5 rings (SSSR count). The lowest BCUT2D eigenvalue weighted by atomic mass is 10.1. The lowest BCUT2D eigenvalue weighted by Gasteiger charge is -2.32. The Bertz CT molecular complexity index is 1440. The maximum absolute atomic E-state index is 13.4. The van der Waals surface area contributed by atoms with Gasteiger partial charge in [-0.25, -0.2) is 13.6 Å². The molecule has 0 unspecified atom stereocenters. The first kappa shape index (κ1) is 20.2. The Morgan fingerprint density at radius 1 is 0.969 bits per heavy atom. The lowest BCUT2D eigenvalue weighted by molar-refractivity contribution is 0.458. The highest BCUT2D eigenvalue weighted by molar-refractivity contribution is 5.77. The van der Waals surface area contributed by atoms with Crippen LogP contribution >= 0.6 is 0 Å². The second-order valence-electron chi connectivity index (χ2n) is 8.25. The molecule has 0 aliphatic carbocycles. The van der Waals surface area contributed by atoms with Crippen LogP contribution in [0.2, 0.25) is 0 Å². The van der Waals surface area contributed by atoms with Gasteiger partial charge in [0.2, 0.25) is 5.95 Å². The fourth-order valence-electron chi connectivity index (χ4n) is 4.26. The molecule has 7 nitrogen and oxygen atoms in total. The van der Waals surface area contributed by atoms with Crippen molar-refractivity contribution in [3.05, 3.63) is 86.6 Å². The van der Waals surface area contributed by atoms with Crippen LogP contribution in [-0.2, 0) is 20.1 Å². The SMILES string of the molecule is C[C@@H]1CN(c2ccc(F)cc2)c2nc3c(c(=O)n(Cc4ccc(F)cc4)c(=O)n3C)n2C1. The van der Waals surface area contributed by atoms with Crippen LogP contribution < -0.4 is 16.1 Å². The Morgan fingerprint density at radius 3 is 2.25 bits per heavy atom. The van der Waals surface area contributed by atoms with Crippen molar-refractivity contribution in [1.29, 1.82) is 0 Å². The third-order valence-electron chi connectivity index (χ3n) is 5.83. The van der Waals surface area contributed by atoms with Crippen LogP contribution in [0.25, 0.3) is 11.2 Å². The normalized spacial score (nSPS) is 15.9. The summed E-state index contributed by atoms with van der Waals surface area (Å²) in [5.41, 5.74) is 1.09. The first-order chi connectivity index (χ1) is 15.3. The van der Waals surface area contributed by atoms with E-state index in [1.165, 1.54) is 28.8 Å². The standard InChI is InChI=1S/C23H21F2N5O2/c1-14-11-28(18-9-7-17(25)8-10-18)22-26-20-19(29(22)12-14)21(31)30(23(32)27(20)2)13-15-3-5-16(24)6-4-15/h3-10,14H,11-13H2,1-2H3/t14-/m1/s1. The molecule has 0 fully saturated rings. The van der Waals surface area contributed by atoms with E-state index < -0.39 is 11.2 Å². The Labute approximate surface area is 181 Å². The molecule has 0 saturated heterocycles. The minimum absolute atomic E-state index is 0.0273. The van der Waals surface area contributed by atoms with Gasteiger partial charge in [-0.3, -0.25) is 13.9 Å². The predicted molar refractivity (Wildman–Crippen MR) is 117 cm³/mol. The van der Waals surface area contributed by atoms with Crippen molar-refractivity contribution < 1.29 is 8.78 Å². The molecule has 2 aromatic carbocycles. The van der Waals surface area contributed by atoms with E-state index in [1.54, 1.807) is 31.3 Å². The zero-order chi connectivity index (χ0) is 22.6. The molecule has 32 heavy (non-hydrogen) atoms. The van der Waals surface area contributed by atoms with Gasteiger partial charge in [0.25, 0.3) is 5.56 Å². The molecular formula is C23H21F2N5O2.